The molecule has 2 aromatic rings. The maximum atomic E-state index is 12.8. The zero-order chi connectivity index (χ0) is 25.6. The van der Waals surface area contributed by atoms with Crippen LogP contribution in [0.25, 0.3) is 16.3 Å². The molecule has 1 aliphatic heterocycles. The fourth-order valence-corrected chi connectivity index (χ4v) is 4.36. The van der Waals surface area contributed by atoms with Gasteiger partial charge in [-0.25, -0.2) is 0 Å². The summed E-state index contributed by atoms with van der Waals surface area (Å²) < 4.78 is 11.6. The number of morpholine rings is 1. The standard InChI is InChI=1S/C31H38N2O3/c1-3-5-6-7-8-9-15-25(14-4-2)29-27-17-11-10-16-26(27)24-28(30(29)31(32)34)36-21-13-12-18-33-19-22-35-23-20-33/h3-4,6-11,15-17,24H,1-2,5,12-14,18-23H2,(H2,32,34)/b7-6+,9-8+,25-15-. The van der Waals surface area contributed by atoms with Crippen molar-refractivity contribution >= 4 is 22.3 Å². The van der Waals surface area contributed by atoms with Crippen LogP contribution < -0.4 is 10.5 Å². The highest BCUT2D eigenvalue weighted by molar-refractivity contribution is 6.09. The van der Waals surface area contributed by atoms with Crippen molar-refractivity contribution in [2.75, 3.05) is 39.5 Å². The molecule has 0 bridgehead atoms. The van der Waals surface area contributed by atoms with Gasteiger partial charge >= 0.3 is 0 Å². The van der Waals surface area contributed by atoms with Crippen LogP contribution in [0, 0.1) is 0 Å². The van der Waals surface area contributed by atoms with E-state index in [9.17, 15) is 4.79 Å². The monoisotopic (exact) mass is 486 g/mol. The first-order valence-corrected chi connectivity index (χ1v) is 12.7. The molecule has 2 aromatic carbocycles. The van der Waals surface area contributed by atoms with Gasteiger partial charge in [0.05, 0.1) is 25.4 Å². The molecule has 36 heavy (non-hydrogen) atoms. The SMILES string of the molecule is C=CC/C=C/C=C/C=C(/CC=C)c1c(C(N)=O)c(OCCCCN2CCOCC2)cc2ccccc12. The molecular weight excluding hydrogens is 448 g/mol. The first-order valence-electron chi connectivity index (χ1n) is 12.7. The Hall–Kier alpha value is -3.41. The third kappa shape index (κ3) is 7.80. The molecule has 5 nitrogen and oxygen atoms in total. The number of primary amides is 1. The number of carbonyl (C=O) groups is 1. The van der Waals surface area contributed by atoms with Crippen molar-refractivity contribution < 1.29 is 14.3 Å². The van der Waals surface area contributed by atoms with Gasteiger partial charge in [-0.2, -0.15) is 0 Å². The van der Waals surface area contributed by atoms with Crippen LogP contribution >= 0.6 is 0 Å². The smallest absolute Gasteiger partial charge is 0.253 e. The highest BCUT2D eigenvalue weighted by Gasteiger charge is 2.21. The van der Waals surface area contributed by atoms with E-state index in [1.165, 1.54) is 0 Å². The molecule has 0 aliphatic carbocycles. The van der Waals surface area contributed by atoms with Gasteiger partial charge in [-0.1, -0.05) is 66.8 Å². The summed E-state index contributed by atoms with van der Waals surface area (Å²) in [6, 6.07) is 9.95. The highest BCUT2D eigenvalue weighted by Crippen LogP contribution is 2.37. The van der Waals surface area contributed by atoms with Crippen LogP contribution in [0.4, 0.5) is 0 Å². The molecule has 0 atom stereocenters. The molecule has 0 aromatic heterocycles. The Morgan fingerprint density at radius 2 is 1.86 bits per heavy atom. The summed E-state index contributed by atoms with van der Waals surface area (Å²) >= 11 is 0. The van der Waals surface area contributed by atoms with E-state index in [0.29, 0.717) is 24.3 Å². The van der Waals surface area contributed by atoms with Gasteiger partial charge in [-0.15, -0.1) is 13.2 Å². The number of amides is 1. The second-order valence-corrected chi connectivity index (χ2v) is 8.74. The van der Waals surface area contributed by atoms with Crippen molar-refractivity contribution in [3.05, 3.63) is 97.1 Å². The summed E-state index contributed by atoms with van der Waals surface area (Å²) in [5.41, 5.74) is 8.14. The van der Waals surface area contributed by atoms with Crippen molar-refractivity contribution in [1.29, 1.82) is 0 Å². The third-order valence-electron chi connectivity index (χ3n) is 6.13. The number of fused-ring (bicyclic) bond motifs is 1. The molecule has 0 spiro atoms. The summed E-state index contributed by atoms with van der Waals surface area (Å²) in [4.78, 5) is 15.2. The number of unbranched alkanes of at least 4 members (excludes halogenated alkanes) is 1. The maximum absolute atomic E-state index is 12.8. The minimum absolute atomic E-state index is 0.422. The van der Waals surface area contributed by atoms with E-state index in [-0.39, 0.29) is 0 Å². The molecule has 0 saturated carbocycles. The largest absolute Gasteiger partial charge is 0.493 e. The Balaban J connectivity index is 1.88. The van der Waals surface area contributed by atoms with Crippen molar-refractivity contribution in [1.82, 2.24) is 4.90 Å². The predicted molar refractivity (Wildman–Crippen MR) is 150 cm³/mol. The Morgan fingerprint density at radius 3 is 2.61 bits per heavy atom. The molecule has 190 valence electrons. The zero-order valence-corrected chi connectivity index (χ0v) is 21.2. The lowest BCUT2D eigenvalue weighted by atomic mass is 9.90. The van der Waals surface area contributed by atoms with Crippen LogP contribution in [0.1, 0.15) is 41.6 Å². The van der Waals surface area contributed by atoms with Crippen molar-refractivity contribution in [2.24, 2.45) is 5.73 Å². The number of nitrogens with two attached hydrogens (primary N) is 1. The third-order valence-corrected chi connectivity index (χ3v) is 6.13. The van der Waals surface area contributed by atoms with E-state index in [2.05, 4.69) is 18.1 Å². The first kappa shape index (κ1) is 27.2. The minimum atomic E-state index is -0.496. The number of nitrogens with zero attached hydrogens (tertiary/aromatic N) is 1. The van der Waals surface area contributed by atoms with Gasteiger partial charge in [0.2, 0.25) is 0 Å². The molecule has 1 heterocycles. The van der Waals surface area contributed by atoms with Gasteiger partial charge in [0.25, 0.3) is 5.91 Å². The number of carbonyl (C=O) groups excluding carboxylic acids is 1. The van der Waals surface area contributed by atoms with Crippen LogP contribution in [0.5, 0.6) is 5.75 Å². The molecule has 1 aliphatic rings. The van der Waals surface area contributed by atoms with Crippen LogP contribution in [0.15, 0.2) is 86.0 Å². The van der Waals surface area contributed by atoms with Gasteiger partial charge in [-0.05, 0) is 54.6 Å². The molecule has 0 unspecified atom stereocenters. The number of allylic oxidation sites excluding steroid dienone is 8. The number of rotatable bonds is 14. The van der Waals surface area contributed by atoms with Gasteiger partial charge < -0.3 is 15.2 Å². The average molecular weight is 487 g/mol. The second-order valence-electron chi connectivity index (χ2n) is 8.74. The molecule has 5 heteroatoms. The fourth-order valence-electron chi connectivity index (χ4n) is 4.36. The van der Waals surface area contributed by atoms with Crippen LogP contribution in [-0.2, 0) is 4.74 Å². The van der Waals surface area contributed by atoms with E-state index in [0.717, 1.165) is 74.0 Å². The topological polar surface area (TPSA) is 64.8 Å². The van der Waals surface area contributed by atoms with Crippen molar-refractivity contribution in [2.45, 2.75) is 25.7 Å². The summed E-state index contributed by atoms with van der Waals surface area (Å²) in [7, 11) is 0. The van der Waals surface area contributed by atoms with Crippen molar-refractivity contribution in [3.8, 4) is 5.75 Å². The van der Waals surface area contributed by atoms with Gasteiger partial charge in [0, 0.05) is 18.7 Å². The van der Waals surface area contributed by atoms with E-state index in [1.807, 2.05) is 72.9 Å². The predicted octanol–water partition coefficient (Wildman–Crippen LogP) is 6.08. The van der Waals surface area contributed by atoms with E-state index >= 15 is 0 Å². The molecular formula is C31H38N2O3. The Morgan fingerprint density at radius 1 is 1.06 bits per heavy atom. The Labute approximate surface area is 215 Å². The number of hydrogen-bond donors (Lipinski definition) is 1. The van der Waals surface area contributed by atoms with Crippen LogP contribution in [0.3, 0.4) is 0 Å². The van der Waals surface area contributed by atoms with Gasteiger partial charge in [0.15, 0.2) is 0 Å². The van der Waals surface area contributed by atoms with E-state index < -0.39 is 5.91 Å². The van der Waals surface area contributed by atoms with Gasteiger partial charge in [0.1, 0.15) is 5.75 Å². The summed E-state index contributed by atoms with van der Waals surface area (Å²) in [5, 5.41) is 1.97. The molecule has 1 fully saturated rings. The van der Waals surface area contributed by atoms with Crippen molar-refractivity contribution in [3.63, 3.8) is 0 Å². The highest BCUT2D eigenvalue weighted by atomic mass is 16.5. The van der Waals surface area contributed by atoms with E-state index in [1.54, 1.807) is 0 Å². The summed E-state index contributed by atoms with van der Waals surface area (Å²) in [6.07, 6.45) is 17.0. The average Bonchev–Trinajstić information content (AvgIpc) is 2.89. The quantitative estimate of drug-likeness (QED) is 0.200. The number of benzene rings is 2. The summed E-state index contributed by atoms with van der Waals surface area (Å²) in [6.45, 7) is 12.8. The van der Waals surface area contributed by atoms with Crippen LogP contribution in [0.2, 0.25) is 0 Å². The lowest BCUT2D eigenvalue weighted by Gasteiger charge is -2.26. The molecule has 1 amide bonds. The first-order chi connectivity index (χ1) is 17.7. The zero-order valence-electron chi connectivity index (χ0n) is 21.2. The maximum Gasteiger partial charge on any atom is 0.253 e. The Bertz CT molecular complexity index is 1120. The lowest BCUT2D eigenvalue weighted by molar-refractivity contribution is 0.0368. The lowest BCUT2D eigenvalue weighted by Crippen LogP contribution is -2.36. The summed E-state index contributed by atoms with van der Waals surface area (Å²) in [5.74, 6) is 0.0382. The molecule has 2 N–H and O–H groups in total. The Kier molecular flexibility index (Phi) is 11.2. The van der Waals surface area contributed by atoms with Crippen LogP contribution in [-0.4, -0.2) is 50.3 Å². The van der Waals surface area contributed by atoms with E-state index in [4.69, 9.17) is 15.2 Å². The number of hydrogen-bond acceptors (Lipinski definition) is 4. The minimum Gasteiger partial charge on any atom is -0.493 e. The van der Waals surface area contributed by atoms with Gasteiger partial charge in [-0.3, -0.25) is 9.69 Å². The second kappa shape index (κ2) is 14.9. The molecule has 1 saturated heterocycles. The normalized spacial score (nSPS) is 15.1. The fraction of sp³-hybridized carbons (Fsp3) is 0.323. The molecule has 0 radical (unpaired) electrons. The number of ether oxygens (including phenoxy) is 2. The molecule has 3 rings (SSSR count).